The van der Waals surface area contributed by atoms with Crippen LogP contribution in [0.3, 0.4) is 0 Å². The van der Waals surface area contributed by atoms with E-state index in [1.54, 1.807) is 0 Å². The lowest BCUT2D eigenvalue weighted by Crippen LogP contribution is -2.30. The second-order valence-corrected chi connectivity index (χ2v) is 4.88. The molecule has 1 N–H and O–H groups in total. The Balaban J connectivity index is 2.01. The third-order valence-electron chi connectivity index (χ3n) is 3.48. The minimum atomic E-state index is 0.681. The SMILES string of the molecule is Cc1cccc(NC2CCCCC2C)c1. The molecule has 1 heteroatoms. The van der Waals surface area contributed by atoms with Crippen LogP contribution in [0, 0.1) is 12.8 Å². The van der Waals surface area contributed by atoms with Gasteiger partial charge in [0.15, 0.2) is 0 Å². The van der Waals surface area contributed by atoms with E-state index in [-0.39, 0.29) is 0 Å². The first-order chi connectivity index (χ1) is 7.25. The topological polar surface area (TPSA) is 12.0 Å². The van der Waals surface area contributed by atoms with Gasteiger partial charge in [0.2, 0.25) is 0 Å². The predicted octanol–water partition coefficient (Wildman–Crippen LogP) is 3.99. The van der Waals surface area contributed by atoms with Crippen LogP contribution >= 0.6 is 0 Å². The van der Waals surface area contributed by atoms with Crippen LogP contribution in [0.4, 0.5) is 5.69 Å². The van der Waals surface area contributed by atoms with Crippen LogP contribution in [-0.2, 0) is 0 Å². The van der Waals surface area contributed by atoms with Crippen molar-refractivity contribution in [3.05, 3.63) is 29.8 Å². The molecule has 0 aromatic heterocycles. The third kappa shape index (κ3) is 2.74. The minimum Gasteiger partial charge on any atom is -0.382 e. The van der Waals surface area contributed by atoms with Crippen molar-refractivity contribution in [1.29, 1.82) is 0 Å². The van der Waals surface area contributed by atoms with Gasteiger partial charge >= 0.3 is 0 Å². The maximum Gasteiger partial charge on any atom is 0.0345 e. The van der Waals surface area contributed by atoms with Crippen molar-refractivity contribution >= 4 is 5.69 Å². The Hall–Kier alpha value is -0.980. The van der Waals surface area contributed by atoms with Crippen LogP contribution in [0.1, 0.15) is 38.2 Å². The molecule has 1 aromatic rings. The number of nitrogens with one attached hydrogen (secondary N) is 1. The van der Waals surface area contributed by atoms with E-state index in [1.165, 1.54) is 36.9 Å². The fourth-order valence-corrected chi connectivity index (χ4v) is 2.48. The molecular weight excluding hydrogens is 182 g/mol. The fraction of sp³-hybridized carbons (Fsp3) is 0.571. The van der Waals surface area contributed by atoms with Crippen molar-refractivity contribution < 1.29 is 0 Å². The molecule has 1 aliphatic rings. The molecule has 1 saturated carbocycles. The van der Waals surface area contributed by atoms with E-state index in [1.807, 2.05) is 0 Å². The number of hydrogen-bond donors (Lipinski definition) is 1. The van der Waals surface area contributed by atoms with Crippen LogP contribution in [0.5, 0.6) is 0 Å². The van der Waals surface area contributed by atoms with Crippen molar-refractivity contribution in [3.63, 3.8) is 0 Å². The molecule has 1 aliphatic carbocycles. The summed E-state index contributed by atoms with van der Waals surface area (Å²) < 4.78 is 0. The predicted molar refractivity (Wildman–Crippen MR) is 66.2 cm³/mol. The number of aryl methyl sites for hydroxylation is 1. The van der Waals surface area contributed by atoms with Crippen LogP contribution in [0.2, 0.25) is 0 Å². The molecule has 0 spiro atoms. The summed E-state index contributed by atoms with van der Waals surface area (Å²) in [5, 5.41) is 3.67. The first-order valence-electron chi connectivity index (χ1n) is 6.09. The molecule has 0 heterocycles. The molecule has 0 saturated heterocycles. The van der Waals surface area contributed by atoms with Crippen molar-refractivity contribution in [2.45, 2.75) is 45.6 Å². The summed E-state index contributed by atoms with van der Waals surface area (Å²) in [4.78, 5) is 0. The molecule has 0 radical (unpaired) electrons. The summed E-state index contributed by atoms with van der Waals surface area (Å²) in [6.07, 6.45) is 5.50. The van der Waals surface area contributed by atoms with E-state index in [0.29, 0.717) is 6.04 Å². The van der Waals surface area contributed by atoms with E-state index in [4.69, 9.17) is 0 Å². The Bertz CT molecular complexity index is 319. The van der Waals surface area contributed by atoms with Crippen LogP contribution in [0.15, 0.2) is 24.3 Å². The highest BCUT2D eigenvalue weighted by atomic mass is 14.9. The largest absolute Gasteiger partial charge is 0.382 e. The van der Waals surface area contributed by atoms with Crippen molar-refractivity contribution in [3.8, 4) is 0 Å². The average Bonchev–Trinajstić information content (AvgIpc) is 2.22. The van der Waals surface area contributed by atoms with Crippen LogP contribution < -0.4 is 5.32 Å². The molecule has 82 valence electrons. The number of rotatable bonds is 2. The number of hydrogen-bond acceptors (Lipinski definition) is 1. The summed E-state index contributed by atoms with van der Waals surface area (Å²) >= 11 is 0. The summed E-state index contributed by atoms with van der Waals surface area (Å²) in [7, 11) is 0. The van der Waals surface area contributed by atoms with Crippen molar-refractivity contribution in [1.82, 2.24) is 0 Å². The highest BCUT2D eigenvalue weighted by Gasteiger charge is 2.20. The lowest BCUT2D eigenvalue weighted by Gasteiger charge is -2.30. The van der Waals surface area contributed by atoms with E-state index >= 15 is 0 Å². The zero-order chi connectivity index (χ0) is 10.7. The van der Waals surface area contributed by atoms with Gasteiger partial charge in [0.05, 0.1) is 0 Å². The van der Waals surface area contributed by atoms with Gasteiger partial charge < -0.3 is 5.32 Å². The Morgan fingerprint density at radius 1 is 1.20 bits per heavy atom. The molecule has 2 rings (SSSR count). The van der Waals surface area contributed by atoms with Gasteiger partial charge in [-0.25, -0.2) is 0 Å². The number of anilines is 1. The smallest absolute Gasteiger partial charge is 0.0345 e. The normalized spacial score (nSPS) is 26.3. The first-order valence-corrected chi connectivity index (χ1v) is 6.09. The molecule has 2 unspecified atom stereocenters. The summed E-state index contributed by atoms with van der Waals surface area (Å²) in [6, 6.07) is 9.37. The lowest BCUT2D eigenvalue weighted by molar-refractivity contribution is 0.349. The van der Waals surface area contributed by atoms with E-state index in [0.717, 1.165) is 5.92 Å². The average molecular weight is 203 g/mol. The van der Waals surface area contributed by atoms with E-state index in [9.17, 15) is 0 Å². The van der Waals surface area contributed by atoms with Crippen LogP contribution in [-0.4, -0.2) is 6.04 Å². The molecule has 0 amide bonds. The van der Waals surface area contributed by atoms with Gasteiger partial charge in [-0.05, 0) is 43.4 Å². The summed E-state index contributed by atoms with van der Waals surface area (Å²) in [6.45, 7) is 4.52. The Morgan fingerprint density at radius 3 is 2.73 bits per heavy atom. The molecule has 1 aromatic carbocycles. The van der Waals surface area contributed by atoms with Gasteiger partial charge in [-0.15, -0.1) is 0 Å². The number of benzene rings is 1. The molecule has 1 nitrogen and oxygen atoms in total. The fourth-order valence-electron chi connectivity index (χ4n) is 2.48. The molecule has 1 fully saturated rings. The van der Waals surface area contributed by atoms with Crippen LogP contribution in [0.25, 0.3) is 0 Å². The molecule has 0 bridgehead atoms. The Morgan fingerprint density at radius 2 is 2.00 bits per heavy atom. The van der Waals surface area contributed by atoms with Gasteiger partial charge in [-0.2, -0.15) is 0 Å². The molecule has 2 atom stereocenters. The van der Waals surface area contributed by atoms with Gasteiger partial charge in [0.25, 0.3) is 0 Å². The zero-order valence-corrected chi connectivity index (χ0v) is 9.79. The highest BCUT2D eigenvalue weighted by Crippen LogP contribution is 2.26. The maximum atomic E-state index is 3.67. The second kappa shape index (κ2) is 4.69. The first kappa shape index (κ1) is 10.5. The van der Waals surface area contributed by atoms with Gasteiger partial charge in [0, 0.05) is 11.7 Å². The van der Waals surface area contributed by atoms with Gasteiger partial charge in [-0.1, -0.05) is 31.9 Å². The van der Waals surface area contributed by atoms with Crippen molar-refractivity contribution in [2.75, 3.05) is 5.32 Å². The highest BCUT2D eigenvalue weighted by molar-refractivity contribution is 5.46. The van der Waals surface area contributed by atoms with Gasteiger partial charge in [-0.3, -0.25) is 0 Å². The quantitative estimate of drug-likeness (QED) is 0.766. The van der Waals surface area contributed by atoms with E-state index < -0.39 is 0 Å². The maximum absolute atomic E-state index is 3.67. The lowest BCUT2D eigenvalue weighted by atomic mass is 9.86. The summed E-state index contributed by atoms with van der Waals surface area (Å²) in [5.41, 5.74) is 2.62. The summed E-state index contributed by atoms with van der Waals surface area (Å²) in [5.74, 6) is 0.819. The monoisotopic (exact) mass is 203 g/mol. The Kier molecular flexibility index (Phi) is 3.30. The van der Waals surface area contributed by atoms with Crippen molar-refractivity contribution in [2.24, 2.45) is 5.92 Å². The Labute approximate surface area is 92.9 Å². The third-order valence-corrected chi connectivity index (χ3v) is 3.48. The standard InChI is InChI=1S/C14H21N/c1-11-6-5-8-13(10-11)15-14-9-4-3-7-12(14)2/h5-6,8,10,12,14-15H,3-4,7,9H2,1-2H3. The molecular formula is C14H21N. The van der Waals surface area contributed by atoms with Gasteiger partial charge in [0.1, 0.15) is 0 Å². The zero-order valence-electron chi connectivity index (χ0n) is 9.79. The minimum absolute atomic E-state index is 0.681. The molecule has 0 aliphatic heterocycles. The van der Waals surface area contributed by atoms with E-state index in [2.05, 4.69) is 43.4 Å². The molecule has 15 heavy (non-hydrogen) atoms. The second-order valence-electron chi connectivity index (χ2n) is 4.88.